The number of hydrogen-bond donors (Lipinski definition) is 2. The number of benzene rings is 2. The van der Waals surface area contributed by atoms with Gasteiger partial charge in [0.05, 0.1) is 17.9 Å². The zero-order valence-electron chi connectivity index (χ0n) is 18.0. The van der Waals surface area contributed by atoms with Crippen LogP contribution >= 0.6 is 11.6 Å². The molecular formula is C23H24ClN3O6. The number of nitrogens with zero attached hydrogens (tertiary/aromatic N) is 1. The van der Waals surface area contributed by atoms with Crippen LogP contribution in [0.25, 0.3) is 0 Å². The van der Waals surface area contributed by atoms with Gasteiger partial charge in [0.15, 0.2) is 0 Å². The number of carbonyl (C=O) groups is 3. The highest BCUT2D eigenvalue weighted by Gasteiger charge is 2.30. The van der Waals surface area contributed by atoms with Crippen LogP contribution in [0.3, 0.4) is 0 Å². The number of carbonyl (C=O) groups excluding carboxylic acids is 3. The molecule has 1 aliphatic heterocycles. The van der Waals surface area contributed by atoms with E-state index in [1.165, 1.54) is 6.07 Å². The number of halogens is 1. The summed E-state index contributed by atoms with van der Waals surface area (Å²) in [6, 6.07) is 14.5. The molecule has 3 rings (SSSR count). The molecule has 0 saturated heterocycles. The summed E-state index contributed by atoms with van der Waals surface area (Å²) in [5.74, 6) is -1.13. The van der Waals surface area contributed by atoms with Crippen LogP contribution in [0.2, 0.25) is 0 Å². The summed E-state index contributed by atoms with van der Waals surface area (Å²) in [4.78, 5) is 42.9. The molecule has 174 valence electrons. The van der Waals surface area contributed by atoms with Crippen molar-refractivity contribution in [1.82, 2.24) is 5.32 Å². The summed E-state index contributed by atoms with van der Waals surface area (Å²) in [5.41, 5.74) is 1.25. The van der Waals surface area contributed by atoms with Crippen LogP contribution in [0.4, 0.5) is 10.5 Å². The van der Waals surface area contributed by atoms with Gasteiger partial charge in [-0.3, -0.25) is 4.79 Å². The number of hydrogen-bond acceptors (Lipinski definition) is 7. The summed E-state index contributed by atoms with van der Waals surface area (Å²) in [5, 5.41) is 9.19. The third-order valence-corrected chi connectivity index (χ3v) is 4.92. The minimum atomic E-state index is -1.04. The third kappa shape index (κ3) is 7.21. The molecule has 0 fully saturated rings. The number of alkyl carbamates (subject to hydrolysis) is 1. The molecule has 10 heteroatoms. The van der Waals surface area contributed by atoms with Gasteiger partial charge in [0.1, 0.15) is 23.9 Å². The maximum absolute atomic E-state index is 13.1. The van der Waals surface area contributed by atoms with E-state index in [-0.39, 0.29) is 36.1 Å². The standard InChI is InChI=1S/C23H24ClN3O6/c1-2-31-22(29)17-10-6-7-11-18(17)25-21(28)19(12-16-13-20(24)27-33-16)26-23(30)32-14-15-8-4-3-5-9-15/h3-11,16,19H,2,12-14H2,1H3,(H,25,28)(H,26,30). The second-order valence-electron chi connectivity index (χ2n) is 7.15. The van der Waals surface area contributed by atoms with Crippen molar-refractivity contribution in [2.75, 3.05) is 11.9 Å². The SMILES string of the molecule is CCOC(=O)c1ccccc1NC(=O)C(CC1CC(Cl)=NO1)NC(=O)OCc1ccccc1. The molecule has 0 saturated carbocycles. The smallest absolute Gasteiger partial charge is 0.408 e. The van der Waals surface area contributed by atoms with Gasteiger partial charge < -0.3 is 24.9 Å². The van der Waals surface area contributed by atoms with Crippen molar-refractivity contribution in [3.05, 3.63) is 65.7 Å². The Morgan fingerprint density at radius 2 is 1.85 bits per heavy atom. The highest BCUT2D eigenvalue weighted by molar-refractivity contribution is 6.65. The normalized spacial score (nSPS) is 15.6. The number of amides is 2. The first-order valence-electron chi connectivity index (χ1n) is 10.4. The molecule has 2 N–H and O–H groups in total. The Labute approximate surface area is 196 Å². The molecule has 0 radical (unpaired) electrons. The minimum absolute atomic E-state index is 0.0432. The number of ether oxygens (including phenoxy) is 2. The fourth-order valence-corrected chi connectivity index (χ4v) is 3.33. The highest BCUT2D eigenvalue weighted by atomic mass is 35.5. The van der Waals surface area contributed by atoms with Crippen LogP contribution in [-0.2, 0) is 25.7 Å². The summed E-state index contributed by atoms with van der Waals surface area (Å²) in [6.45, 7) is 1.93. The van der Waals surface area contributed by atoms with Crippen molar-refractivity contribution in [2.24, 2.45) is 5.16 Å². The van der Waals surface area contributed by atoms with E-state index in [1.807, 2.05) is 30.3 Å². The fraction of sp³-hybridized carbons (Fsp3) is 0.304. The van der Waals surface area contributed by atoms with E-state index in [2.05, 4.69) is 15.8 Å². The topological polar surface area (TPSA) is 115 Å². The molecular weight excluding hydrogens is 450 g/mol. The van der Waals surface area contributed by atoms with E-state index < -0.39 is 30.1 Å². The molecule has 0 spiro atoms. The zero-order valence-corrected chi connectivity index (χ0v) is 18.7. The van der Waals surface area contributed by atoms with Crippen LogP contribution < -0.4 is 10.6 Å². The van der Waals surface area contributed by atoms with Crippen LogP contribution in [0.15, 0.2) is 59.8 Å². The van der Waals surface area contributed by atoms with Crippen molar-refractivity contribution < 1.29 is 28.7 Å². The van der Waals surface area contributed by atoms with E-state index in [0.717, 1.165) is 5.56 Å². The summed E-state index contributed by atoms with van der Waals surface area (Å²) >= 11 is 5.87. The monoisotopic (exact) mass is 473 g/mol. The zero-order chi connectivity index (χ0) is 23.6. The van der Waals surface area contributed by atoms with Crippen LogP contribution in [-0.4, -0.2) is 41.9 Å². The van der Waals surface area contributed by atoms with E-state index in [0.29, 0.717) is 6.42 Å². The van der Waals surface area contributed by atoms with Gasteiger partial charge in [0.25, 0.3) is 0 Å². The molecule has 9 nitrogen and oxygen atoms in total. The van der Waals surface area contributed by atoms with Crippen LogP contribution in [0, 0.1) is 0 Å². The van der Waals surface area contributed by atoms with E-state index in [4.69, 9.17) is 25.9 Å². The molecule has 1 heterocycles. The van der Waals surface area contributed by atoms with E-state index >= 15 is 0 Å². The molecule has 2 aromatic rings. The molecule has 2 amide bonds. The van der Waals surface area contributed by atoms with E-state index in [9.17, 15) is 14.4 Å². The second-order valence-corrected chi connectivity index (χ2v) is 7.59. The number of para-hydroxylation sites is 1. The minimum Gasteiger partial charge on any atom is -0.462 e. The second kappa shape index (κ2) is 11.9. The lowest BCUT2D eigenvalue weighted by Gasteiger charge is -2.21. The Hall–Kier alpha value is -3.59. The van der Waals surface area contributed by atoms with Gasteiger partial charge >= 0.3 is 12.1 Å². The Kier molecular flexibility index (Phi) is 8.65. The number of anilines is 1. The van der Waals surface area contributed by atoms with Gasteiger partial charge in [-0.2, -0.15) is 0 Å². The lowest BCUT2D eigenvalue weighted by Crippen LogP contribution is -2.46. The first kappa shape index (κ1) is 24.1. The lowest BCUT2D eigenvalue weighted by molar-refractivity contribution is -0.119. The molecule has 2 unspecified atom stereocenters. The Balaban J connectivity index is 1.68. The van der Waals surface area contributed by atoms with Crippen molar-refractivity contribution in [3.63, 3.8) is 0 Å². The molecule has 0 aromatic heterocycles. The molecule has 33 heavy (non-hydrogen) atoms. The Bertz CT molecular complexity index is 1010. The summed E-state index contributed by atoms with van der Waals surface area (Å²) in [6.07, 6.45) is -0.871. The first-order chi connectivity index (χ1) is 16.0. The van der Waals surface area contributed by atoms with Gasteiger partial charge in [0, 0.05) is 12.8 Å². The van der Waals surface area contributed by atoms with Gasteiger partial charge in [-0.1, -0.05) is 59.2 Å². The number of oxime groups is 1. The molecule has 2 atom stereocenters. The van der Waals surface area contributed by atoms with Crippen molar-refractivity contribution in [2.45, 2.75) is 38.5 Å². The lowest BCUT2D eigenvalue weighted by atomic mass is 10.1. The Morgan fingerprint density at radius 1 is 1.12 bits per heavy atom. The van der Waals surface area contributed by atoms with Gasteiger partial charge in [-0.15, -0.1) is 0 Å². The molecule has 0 bridgehead atoms. The predicted molar refractivity (Wildman–Crippen MR) is 122 cm³/mol. The van der Waals surface area contributed by atoms with Gasteiger partial charge in [0.2, 0.25) is 5.91 Å². The number of rotatable bonds is 9. The molecule has 2 aromatic carbocycles. The number of nitrogens with one attached hydrogen (secondary N) is 2. The van der Waals surface area contributed by atoms with Crippen molar-refractivity contribution in [1.29, 1.82) is 0 Å². The van der Waals surface area contributed by atoms with Crippen molar-refractivity contribution in [3.8, 4) is 0 Å². The third-order valence-electron chi connectivity index (χ3n) is 4.70. The fourth-order valence-electron chi connectivity index (χ4n) is 3.12. The van der Waals surface area contributed by atoms with Gasteiger partial charge in [-0.05, 0) is 24.6 Å². The first-order valence-corrected chi connectivity index (χ1v) is 10.8. The number of esters is 1. The Morgan fingerprint density at radius 3 is 2.55 bits per heavy atom. The maximum Gasteiger partial charge on any atom is 0.408 e. The quantitative estimate of drug-likeness (QED) is 0.535. The molecule has 1 aliphatic rings. The molecule has 0 aliphatic carbocycles. The highest BCUT2D eigenvalue weighted by Crippen LogP contribution is 2.20. The van der Waals surface area contributed by atoms with Crippen LogP contribution in [0.1, 0.15) is 35.7 Å². The van der Waals surface area contributed by atoms with E-state index in [1.54, 1.807) is 25.1 Å². The summed E-state index contributed by atoms with van der Waals surface area (Å²) < 4.78 is 10.3. The van der Waals surface area contributed by atoms with Crippen molar-refractivity contribution >= 4 is 40.4 Å². The maximum atomic E-state index is 13.1. The predicted octanol–water partition coefficient (Wildman–Crippen LogP) is 3.83. The summed E-state index contributed by atoms with van der Waals surface area (Å²) in [7, 11) is 0. The average Bonchev–Trinajstić information content (AvgIpc) is 3.23. The van der Waals surface area contributed by atoms with Gasteiger partial charge in [-0.25, -0.2) is 9.59 Å². The average molecular weight is 474 g/mol. The van der Waals surface area contributed by atoms with Crippen LogP contribution in [0.5, 0.6) is 0 Å². The largest absolute Gasteiger partial charge is 0.462 e.